The van der Waals surface area contributed by atoms with Gasteiger partial charge in [-0.15, -0.1) is 0 Å². The van der Waals surface area contributed by atoms with Crippen molar-refractivity contribution in [3.63, 3.8) is 0 Å². The van der Waals surface area contributed by atoms with Gasteiger partial charge in [-0.3, -0.25) is 9.78 Å². The van der Waals surface area contributed by atoms with E-state index in [-0.39, 0.29) is 5.91 Å². The molecule has 19 heavy (non-hydrogen) atoms. The number of nitrogens with zero attached hydrogens (tertiary/aromatic N) is 3. The minimum Gasteiger partial charge on any atom is -0.352 e. The topological polar surface area (TPSA) is 71.3 Å². The maximum atomic E-state index is 12.2. The van der Waals surface area contributed by atoms with Crippen LogP contribution >= 0.6 is 0 Å². The molecule has 1 aliphatic heterocycles. The van der Waals surface area contributed by atoms with Crippen LogP contribution in [-0.4, -0.2) is 40.1 Å². The fourth-order valence-electron chi connectivity index (χ4n) is 2.43. The van der Waals surface area contributed by atoms with E-state index in [9.17, 15) is 4.79 Å². The van der Waals surface area contributed by atoms with Crippen molar-refractivity contribution in [3.8, 4) is 0 Å². The highest BCUT2D eigenvalue weighted by Gasteiger charge is 2.16. The van der Waals surface area contributed by atoms with Crippen LogP contribution in [0, 0.1) is 5.92 Å². The molecule has 0 bridgehead atoms. The van der Waals surface area contributed by atoms with E-state index in [0.717, 1.165) is 38.0 Å². The maximum absolute atomic E-state index is 12.2. The molecule has 1 aliphatic rings. The molecule has 0 saturated carbocycles. The minimum atomic E-state index is -0.0680. The van der Waals surface area contributed by atoms with Gasteiger partial charge in [0.2, 0.25) is 0 Å². The molecule has 0 spiro atoms. The number of hydrogen-bond acceptors (Lipinski definition) is 4. The van der Waals surface area contributed by atoms with Crippen LogP contribution in [0.15, 0.2) is 24.8 Å². The molecule has 100 valence electrons. The van der Waals surface area contributed by atoms with Crippen LogP contribution in [0.2, 0.25) is 0 Å². The van der Waals surface area contributed by atoms with E-state index < -0.39 is 0 Å². The smallest absolute Gasteiger partial charge is 0.255 e. The summed E-state index contributed by atoms with van der Waals surface area (Å²) < 4.78 is 1.66. The Bertz CT molecular complexity index is 573. The molecule has 3 rings (SSSR count). The highest BCUT2D eigenvalue weighted by Crippen LogP contribution is 2.12. The number of hydrogen-bond donors (Lipinski definition) is 2. The molecule has 0 radical (unpaired) electrons. The van der Waals surface area contributed by atoms with Crippen LogP contribution < -0.4 is 10.6 Å². The summed E-state index contributed by atoms with van der Waals surface area (Å²) in [6.07, 6.45) is 8.88. The molecule has 1 saturated heterocycles. The Morgan fingerprint density at radius 2 is 2.26 bits per heavy atom. The van der Waals surface area contributed by atoms with Gasteiger partial charge in [0.15, 0.2) is 0 Å². The van der Waals surface area contributed by atoms with Gasteiger partial charge in [0.1, 0.15) is 0 Å². The molecule has 2 N–H and O–H groups in total. The predicted octanol–water partition coefficient (Wildman–Crippen LogP) is 0.459. The summed E-state index contributed by atoms with van der Waals surface area (Å²) >= 11 is 0. The van der Waals surface area contributed by atoms with Crippen molar-refractivity contribution in [1.29, 1.82) is 0 Å². The largest absolute Gasteiger partial charge is 0.352 e. The molecular weight excluding hydrogens is 242 g/mol. The van der Waals surface area contributed by atoms with Gasteiger partial charge in [-0.1, -0.05) is 0 Å². The quantitative estimate of drug-likeness (QED) is 0.840. The van der Waals surface area contributed by atoms with E-state index in [4.69, 9.17) is 0 Å². The van der Waals surface area contributed by atoms with E-state index in [0.29, 0.717) is 11.5 Å². The first-order chi connectivity index (χ1) is 9.34. The number of carbonyl (C=O) groups excluding carboxylic acids is 1. The van der Waals surface area contributed by atoms with Crippen LogP contribution in [0.1, 0.15) is 23.2 Å². The molecule has 6 heteroatoms. The summed E-state index contributed by atoms with van der Waals surface area (Å²) in [5.41, 5.74) is 1.33. The zero-order valence-electron chi connectivity index (χ0n) is 10.7. The summed E-state index contributed by atoms with van der Waals surface area (Å²) in [7, 11) is 0. The van der Waals surface area contributed by atoms with E-state index in [1.54, 1.807) is 29.3 Å². The Kier molecular flexibility index (Phi) is 3.41. The zero-order valence-corrected chi connectivity index (χ0v) is 10.7. The normalized spacial score (nSPS) is 16.6. The van der Waals surface area contributed by atoms with Crippen LogP contribution in [0.5, 0.6) is 0 Å². The van der Waals surface area contributed by atoms with Crippen molar-refractivity contribution in [2.45, 2.75) is 12.8 Å². The van der Waals surface area contributed by atoms with Gasteiger partial charge in [0.25, 0.3) is 5.91 Å². The number of rotatable bonds is 3. The lowest BCUT2D eigenvalue weighted by molar-refractivity contribution is 0.0946. The number of piperidine rings is 1. The van der Waals surface area contributed by atoms with Crippen LogP contribution in [0.4, 0.5) is 0 Å². The summed E-state index contributed by atoms with van der Waals surface area (Å²) in [6.45, 7) is 2.82. The lowest BCUT2D eigenvalue weighted by atomic mass is 9.98. The predicted molar refractivity (Wildman–Crippen MR) is 70.9 cm³/mol. The Hall–Kier alpha value is -1.95. The van der Waals surface area contributed by atoms with Gasteiger partial charge >= 0.3 is 0 Å². The third-order valence-corrected chi connectivity index (χ3v) is 3.58. The van der Waals surface area contributed by atoms with Gasteiger partial charge in [-0.25, -0.2) is 4.52 Å². The Balaban J connectivity index is 1.66. The first-order valence-corrected chi connectivity index (χ1v) is 6.61. The SMILES string of the molecule is O=C(NCC1CCNCC1)c1cnn2ccncc12. The van der Waals surface area contributed by atoms with Crippen LogP contribution in [0.25, 0.3) is 5.52 Å². The molecule has 2 aromatic heterocycles. The van der Waals surface area contributed by atoms with Gasteiger partial charge < -0.3 is 10.6 Å². The second-order valence-corrected chi connectivity index (χ2v) is 4.87. The lowest BCUT2D eigenvalue weighted by Gasteiger charge is -2.22. The minimum absolute atomic E-state index is 0.0680. The molecule has 3 heterocycles. The molecular formula is C13H17N5O. The van der Waals surface area contributed by atoms with Crippen molar-refractivity contribution in [3.05, 3.63) is 30.4 Å². The number of fused-ring (bicyclic) bond motifs is 1. The van der Waals surface area contributed by atoms with Crippen LogP contribution in [-0.2, 0) is 0 Å². The molecule has 2 aromatic rings. The van der Waals surface area contributed by atoms with Gasteiger partial charge in [0.05, 0.1) is 23.5 Å². The van der Waals surface area contributed by atoms with Crippen LogP contribution in [0.3, 0.4) is 0 Å². The molecule has 0 aromatic carbocycles. The lowest BCUT2D eigenvalue weighted by Crippen LogP contribution is -2.35. The summed E-state index contributed by atoms with van der Waals surface area (Å²) in [5, 5.41) is 10.5. The fourth-order valence-corrected chi connectivity index (χ4v) is 2.43. The zero-order chi connectivity index (χ0) is 13.1. The summed E-state index contributed by atoms with van der Waals surface area (Å²) in [4.78, 5) is 16.2. The second-order valence-electron chi connectivity index (χ2n) is 4.87. The standard InChI is InChI=1S/C13H17N5O/c19-13(16-7-10-1-3-14-4-2-10)11-8-17-18-6-5-15-9-12(11)18/h5-6,8-10,14H,1-4,7H2,(H,16,19). The van der Waals surface area contributed by atoms with Gasteiger partial charge in [-0.05, 0) is 31.8 Å². The van der Waals surface area contributed by atoms with E-state index in [2.05, 4.69) is 20.7 Å². The van der Waals surface area contributed by atoms with Crippen molar-refractivity contribution in [1.82, 2.24) is 25.2 Å². The Morgan fingerprint density at radius 1 is 1.42 bits per heavy atom. The molecule has 0 aliphatic carbocycles. The third kappa shape index (κ3) is 2.58. The summed E-state index contributed by atoms with van der Waals surface area (Å²) in [5.74, 6) is 0.506. The molecule has 0 unspecified atom stereocenters. The highest BCUT2D eigenvalue weighted by molar-refractivity contribution is 6.00. The monoisotopic (exact) mass is 259 g/mol. The van der Waals surface area contributed by atoms with Gasteiger partial charge in [0, 0.05) is 18.9 Å². The maximum Gasteiger partial charge on any atom is 0.255 e. The Labute approximate surface area is 111 Å². The Morgan fingerprint density at radius 3 is 3.11 bits per heavy atom. The third-order valence-electron chi connectivity index (χ3n) is 3.58. The second kappa shape index (κ2) is 5.36. The number of nitrogens with one attached hydrogen (secondary N) is 2. The molecule has 1 amide bonds. The number of aromatic nitrogens is 3. The first-order valence-electron chi connectivity index (χ1n) is 6.61. The summed E-state index contributed by atoms with van der Waals surface area (Å²) in [6, 6.07) is 0. The highest BCUT2D eigenvalue weighted by atomic mass is 16.1. The van der Waals surface area contributed by atoms with Crippen molar-refractivity contribution < 1.29 is 4.79 Å². The van der Waals surface area contributed by atoms with Crippen molar-refractivity contribution in [2.75, 3.05) is 19.6 Å². The van der Waals surface area contributed by atoms with Gasteiger partial charge in [-0.2, -0.15) is 5.10 Å². The average molecular weight is 259 g/mol. The van der Waals surface area contributed by atoms with E-state index >= 15 is 0 Å². The number of amides is 1. The first kappa shape index (κ1) is 12.1. The number of carbonyl (C=O) groups is 1. The van der Waals surface area contributed by atoms with Crippen molar-refractivity contribution >= 4 is 11.4 Å². The molecule has 0 atom stereocenters. The molecule has 6 nitrogen and oxygen atoms in total. The average Bonchev–Trinajstić information content (AvgIpc) is 2.90. The van der Waals surface area contributed by atoms with E-state index in [1.807, 2.05) is 0 Å². The molecule has 1 fully saturated rings. The fraction of sp³-hybridized carbons (Fsp3) is 0.462. The van der Waals surface area contributed by atoms with E-state index in [1.165, 1.54) is 0 Å². The van der Waals surface area contributed by atoms with Crippen molar-refractivity contribution in [2.24, 2.45) is 5.92 Å².